The molecule has 2 fully saturated rings. The molecular formula is C27H33FN2O2. The minimum atomic E-state index is -0.927. The average molecular weight is 437 g/mol. The Balaban J connectivity index is 1.29. The lowest BCUT2D eigenvalue weighted by molar-refractivity contribution is -0.0936. The summed E-state index contributed by atoms with van der Waals surface area (Å²) in [7, 11) is 0. The Bertz CT molecular complexity index is 912. The second-order valence-electron chi connectivity index (χ2n) is 9.27. The molecule has 0 unspecified atom stereocenters. The number of ether oxygens (including phenoxy) is 1. The molecule has 32 heavy (non-hydrogen) atoms. The Hall–Kier alpha value is -2.42. The Kier molecular flexibility index (Phi) is 7.44. The van der Waals surface area contributed by atoms with E-state index >= 15 is 0 Å². The van der Waals surface area contributed by atoms with Gasteiger partial charge in [0.05, 0.1) is 23.8 Å². The lowest BCUT2D eigenvalue weighted by Crippen LogP contribution is -2.47. The van der Waals surface area contributed by atoms with Gasteiger partial charge >= 0.3 is 0 Å². The quantitative estimate of drug-likeness (QED) is 0.574. The number of hydrogen-bond acceptors (Lipinski definition) is 4. The number of aliphatic hydroxyl groups is 1. The van der Waals surface area contributed by atoms with Gasteiger partial charge in [-0.05, 0) is 99.0 Å². The molecule has 1 heterocycles. The molecule has 2 aromatic rings. The smallest absolute Gasteiger partial charge is 0.123 e. The van der Waals surface area contributed by atoms with E-state index < -0.39 is 5.60 Å². The van der Waals surface area contributed by atoms with Crippen LogP contribution in [0.5, 0.6) is 5.75 Å². The first kappa shape index (κ1) is 22.8. The number of rotatable bonds is 8. The molecule has 1 aliphatic carbocycles. The molecule has 1 saturated carbocycles. The standard InChI is InChI=1S/C27H33FN2O2/c28-25-8-3-7-24(19-25)27(31,22-5-1-2-6-22)23-13-16-30(17-14-23)15-4-18-32-26-11-9-21(20-29)10-12-26/h3,7-12,19,22-23,31H,1-2,4-6,13-18H2/t27-/m1/s1. The summed E-state index contributed by atoms with van der Waals surface area (Å²) in [6.07, 6.45) is 7.15. The van der Waals surface area contributed by atoms with E-state index in [-0.39, 0.29) is 17.7 Å². The molecule has 5 heteroatoms. The average Bonchev–Trinajstić information content (AvgIpc) is 3.38. The van der Waals surface area contributed by atoms with Gasteiger partial charge in [-0.1, -0.05) is 25.0 Å². The largest absolute Gasteiger partial charge is 0.494 e. The van der Waals surface area contributed by atoms with E-state index in [4.69, 9.17) is 10.00 Å². The van der Waals surface area contributed by atoms with Gasteiger partial charge in [-0.2, -0.15) is 5.26 Å². The van der Waals surface area contributed by atoms with Gasteiger partial charge < -0.3 is 14.7 Å². The van der Waals surface area contributed by atoms with Gasteiger partial charge in [-0.3, -0.25) is 0 Å². The highest BCUT2D eigenvalue weighted by Gasteiger charge is 2.46. The minimum absolute atomic E-state index is 0.165. The summed E-state index contributed by atoms with van der Waals surface area (Å²) >= 11 is 0. The van der Waals surface area contributed by atoms with Crippen molar-refractivity contribution in [2.24, 2.45) is 11.8 Å². The van der Waals surface area contributed by atoms with Crippen molar-refractivity contribution >= 4 is 0 Å². The maximum absolute atomic E-state index is 14.0. The molecule has 2 aliphatic rings. The number of nitrogens with zero attached hydrogens (tertiary/aromatic N) is 2. The van der Waals surface area contributed by atoms with Crippen LogP contribution in [0, 0.1) is 29.0 Å². The number of likely N-dealkylation sites (tertiary alicyclic amines) is 1. The predicted molar refractivity (Wildman–Crippen MR) is 123 cm³/mol. The highest BCUT2D eigenvalue weighted by Crippen LogP contribution is 2.48. The normalized spacial score (nSPS) is 20.0. The first-order valence-electron chi connectivity index (χ1n) is 11.9. The number of nitriles is 1. The van der Waals surface area contributed by atoms with Crippen molar-refractivity contribution in [2.75, 3.05) is 26.2 Å². The van der Waals surface area contributed by atoms with Crippen LogP contribution in [0.3, 0.4) is 0 Å². The third-order valence-corrected chi connectivity index (χ3v) is 7.35. The van der Waals surface area contributed by atoms with E-state index in [1.807, 2.05) is 18.2 Å². The maximum Gasteiger partial charge on any atom is 0.123 e. The second-order valence-corrected chi connectivity index (χ2v) is 9.27. The summed E-state index contributed by atoms with van der Waals surface area (Å²) in [5.41, 5.74) is 0.471. The fourth-order valence-electron chi connectivity index (χ4n) is 5.61. The van der Waals surface area contributed by atoms with Crippen molar-refractivity contribution in [1.82, 2.24) is 4.90 Å². The molecule has 4 nitrogen and oxygen atoms in total. The van der Waals surface area contributed by atoms with Crippen LogP contribution in [0.4, 0.5) is 4.39 Å². The molecule has 170 valence electrons. The highest BCUT2D eigenvalue weighted by atomic mass is 19.1. The number of hydrogen-bond donors (Lipinski definition) is 1. The summed E-state index contributed by atoms with van der Waals surface area (Å²) in [6.45, 7) is 3.50. The van der Waals surface area contributed by atoms with Gasteiger partial charge in [-0.25, -0.2) is 4.39 Å². The Morgan fingerprint density at radius 2 is 1.72 bits per heavy atom. The van der Waals surface area contributed by atoms with Gasteiger partial charge in [-0.15, -0.1) is 0 Å². The van der Waals surface area contributed by atoms with Gasteiger partial charge in [0, 0.05) is 6.54 Å². The fraction of sp³-hybridized carbons (Fsp3) is 0.519. The van der Waals surface area contributed by atoms with Crippen molar-refractivity contribution < 1.29 is 14.2 Å². The molecule has 0 spiro atoms. The Morgan fingerprint density at radius 1 is 1.03 bits per heavy atom. The monoisotopic (exact) mass is 436 g/mol. The molecule has 2 aromatic carbocycles. The third-order valence-electron chi connectivity index (χ3n) is 7.35. The van der Waals surface area contributed by atoms with Gasteiger partial charge in [0.25, 0.3) is 0 Å². The van der Waals surface area contributed by atoms with Crippen LogP contribution in [-0.4, -0.2) is 36.2 Å². The zero-order valence-electron chi connectivity index (χ0n) is 18.7. The first-order valence-corrected chi connectivity index (χ1v) is 11.9. The van der Waals surface area contributed by atoms with Gasteiger partial charge in [0.2, 0.25) is 0 Å². The zero-order valence-corrected chi connectivity index (χ0v) is 18.7. The van der Waals surface area contributed by atoms with Crippen molar-refractivity contribution in [3.8, 4) is 11.8 Å². The van der Waals surface area contributed by atoms with Crippen LogP contribution in [-0.2, 0) is 5.60 Å². The number of halogens is 1. The van der Waals surface area contributed by atoms with Crippen LogP contribution >= 0.6 is 0 Å². The van der Waals surface area contributed by atoms with Crippen molar-refractivity contribution in [3.05, 3.63) is 65.5 Å². The molecule has 1 saturated heterocycles. The van der Waals surface area contributed by atoms with Gasteiger partial charge in [0.1, 0.15) is 11.6 Å². The first-order chi connectivity index (χ1) is 15.6. The van der Waals surface area contributed by atoms with E-state index in [1.165, 1.54) is 6.07 Å². The SMILES string of the molecule is N#Cc1ccc(OCCCN2CCC([C@@](O)(c3cccc(F)c3)C3CCCC3)CC2)cc1. The summed E-state index contributed by atoms with van der Waals surface area (Å²) in [5.74, 6) is 0.915. The summed E-state index contributed by atoms with van der Waals surface area (Å²) in [4.78, 5) is 2.44. The minimum Gasteiger partial charge on any atom is -0.494 e. The van der Waals surface area contributed by atoms with Crippen molar-refractivity contribution in [2.45, 2.75) is 50.5 Å². The number of benzene rings is 2. The lowest BCUT2D eigenvalue weighted by atomic mass is 9.68. The van der Waals surface area contributed by atoms with E-state index in [1.54, 1.807) is 24.3 Å². The summed E-state index contributed by atoms with van der Waals surface area (Å²) in [6, 6.07) is 16.0. The zero-order chi connectivity index (χ0) is 22.4. The van der Waals surface area contributed by atoms with Crippen molar-refractivity contribution in [1.29, 1.82) is 5.26 Å². The van der Waals surface area contributed by atoms with Crippen LogP contribution in [0.15, 0.2) is 48.5 Å². The summed E-state index contributed by atoms with van der Waals surface area (Å²) in [5, 5.41) is 20.8. The highest BCUT2D eigenvalue weighted by molar-refractivity contribution is 5.34. The third kappa shape index (κ3) is 5.14. The molecule has 1 aliphatic heterocycles. The summed E-state index contributed by atoms with van der Waals surface area (Å²) < 4.78 is 19.8. The Morgan fingerprint density at radius 3 is 2.38 bits per heavy atom. The van der Waals surface area contributed by atoms with Crippen LogP contribution in [0.25, 0.3) is 0 Å². The van der Waals surface area contributed by atoms with Crippen molar-refractivity contribution in [3.63, 3.8) is 0 Å². The second kappa shape index (κ2) is 10.5. The van der Waals surface area contributed by atoms with E-state index in [2.05, 4.69) is 11.0 Å². The van der Waals surface area contributed by atoms with Crippen LogP contribution < -0.4 is 4.74 Å². The molecule has 1 atom stereocenters. The molecule has 0 amide bonds. The molecule has 0 radical (unpaired) electrons. The molecule has 0 aromatic heterocycles. The van der Waals surface area contributed by atoms with Gasteiger partial charge in [0.15, 0.2) is 0 Å². The number of piperidine rings is 1. The molecule has 1 N–H and O–H groups in total. The lowest BCUT2D eigenvalue weighted by Gasteiger charge is -2.45. The van der Waals surface area contributed by atoms with Crippen LogP contribution in [0.2, 0.25) is 0 Å². The maximum atomic E-state index is 14.0. The fourth-order valence-corrected chi connectivity index (χ4v) is 5.61. The molecular weight excluding hydrogens is 403 g/mol. The topological polar surface area (TPSA) is 56.5 Å². The van der Waals surface area contributed by atoms with Crippen LogP contribution in [0.1, 0.15) is 56.1 Å². The Labute approximate surface area is 190 Å². The molecule has 4 rings (SSSR count). The van der Waals surface area contributed by atoms with E-state index in [0.29, 0.717) is 12.2 Å². The molecule has 0 bridgehead atoms. The van der Waals surface area contributed by atoms with E-state index in [9.17, 15) is 9.50 Å². The predicted octanol–water partition coefficient (Wildman–Crippen LogP) is 5.26. The van der Waals surface area contributed by atoms with E-state index in [0.717, 1.165) is 75.9 Å².